The Balaban J connectivity index is 1.63. The Hall–Kier alpha value is -1.91. The molecule has 2 aromatic rings. The summed E-state index contributed by atoms with van der Waals surface area (Å²) in [4.78, 5) is 2.32. The first-order valence-corrected chi connectivity index (χ1v) is 8.55. The van der Waals surface area contributed by atoms with Crippen molar-refractivity contribution >= 4 is 35.1 Å². The minimum absolute atomic E-state index is 0.538. The van der Waals surface area contributed by atoms with Crippen molar-refractivity contribution < 1.29 is 4.74 Å². The highest BCUT2D eigenvalue weighted by molar-refractivity contribution is 6.43. The molecule has 0 aromatic heterocycles. The van der Waals surface area contributed by atoms with Crippen LogP contribution in [0, 0.1) is 0 Å². The van der Waals surface area contributed by atoms with Crippen LogP contribution in [0.25, 0.3) is 0 Å². The van der Waals surface area contributed by atoms with Crippen LogP contribution in [0.3, 0.4) is 0 Å². The molecule has 0 radical (unpaired) electrons. The number of benzene rings is 2. The van der Waals surface area contributed by atoms with E-state index in [9.17, 15) is 0 Å². The normalized spacial score (nSPS) is 15.1. The first-order chi connectivity index (χ1) is 11.7. The van der Waals surface area contributed by atoms with Crippen LogP contribution in [0.4, 0.5) is 5.69 Å². The Morgan fingerprint density at radius 1 is 1.00 bits per heavy atom. The van der Waals surface area contributed by atoms with Crippen LogP contribution in [-0.2, 0) is 0 Å². The zero-order chi connectivity index (χ0) is 16.9. The molecule has 0 unspecified atom stereocenters. The molecule has 1 aliphatic rings. The van der Waals surface area contributed by atoms with Gasteiger partial charge in [-0.2, -0.15) is 5.10 Å². The number of methoxy groups -OCH3 is 1. The highest BCUT2D eigenvalue weighted by atomic mass is 35.5. The second-order valence-electron chi connectivity index (χ2n) is 5.50. The second-order valence-corrected chi connectivity index (χ2v) is 6.29. The summed E-state index contributed by atoms with van der Waals surface area (Å²) in [6.07, 6.45) is 1.77. The number of ether oxygens (including phenoxy) is 1. The number of hydrazone groups is 1. The third-order valence-electron chi connectivity index (χ3n) is 4.02. The average Bonchev–Trinajstić information content (AvgIpc) is 2.63. The topological polar surface area (TPSA) is 28.1 Å². The molecule has 0 N–H and O–H groups in total. The van der Waals surface area contributed by atoms with E-state index >= 15 is 0 Å². The minimum atomic E-state index is 0.538. The highest BCUT2D eigenvalue weighted by Gasteiger charge is 2.18. The van der Waals surface area contributed by atoms with E-state index in [1.54, 1.807) is 19.4 Å². The molecule has 1 saturated heterocycles. The molecule has 24 heavy (non-hydrogen) atoms. The van der Waals surface area contributed by atoms with Crippen molar-refractivity contribution in [3.8, 4) is 5.75 Å². The van der Waals surface area contributed by atoms with Gasteiger partial charge in [0, 0.05) is 18.7 Å². The highest BCUT2D eigenvalue weighted by Crippen LogP contribution is 2.28. The molecule has 6 heteroatoms. The Morgan fingerprint density at radius 3 is 2.50 bits per heavy atom. The van der Waals surface area contributed by atoms with Crippen LogP contribution >= 0.6 is 23.2 Å². The van der Waals surface area contributed by atoms with Crippen LogP contribution < -0.4 is 9.64 Å². The fraction of sp³-hybridized carbons (Fsp3) is 0.278. The van der Waals surface area contributed by atoms with Gasteiger partial charge in [0.15, 0.2) is 0 Å². The predicted molar refractivity (Wildman–Crippen MR) is 101 cm³/mol. The van der Waals surface area contributed by atoms with Gasteiger partial charge < -0.3 is 9.64 Å². The first-order valence-electron chi connectivity index (χ1n) is 7.80. The number of hydrogen-bond donors (Lipinski definition) is 0. The predicted octanol–water partition coefficient (Wildman–Crippen LogP) is 4.16. The van der Waals surface area contributed by atoms with E-state index in [0.29, 0.717) is 10.0 Å². The van der Waals surface area contributed by atoms with Gasteiger partial charge in [0.05, 0.1) is 42.1 Å². The van der Waals surface area contributed by atoms with Crippen molar-refractivity contribution in [3.63, 3.8) is 0 Å². The zero-order valence-electron chi connectivity index (χ0n) is 13.5. The number of rotatable bonds is 4. The zero-order valence-corrected chi connectivity index (χ0v) is 15.0. The standard InChI is InChI=1S/C18H19Cl2N3O/c1-24-17-8-3-2-7-16(17)22-9-11-23(12-10-22)21-13-14-5-4-6-15(19)18(14)20/h2-8,13H,9-12H2,1H3. The van der Waals surface area contributed by atoms with E-state index < -0.39 is 0 Å². The van der Waals surface area contributed by atoms with E-state index in [-0.39, 0.29) is 0 Å². The van der Waals surface area contributed by atoms with E-state index in [0.717, 1.165) is 43.2 Å². The number of anilines is 1. The van der Waals surface area contributed by atoms with Gasteiger partial charge in [-0.15, -0.1) is 0 Å². The SMILES string of the molecule is COc1ccccc1N1CCN(N=Cc2cccc(Cl)c2Cl)CC1. The monoisotopic (exact) mass is 363 g/mol. The fourth-order valence-corrected chi connectivity index (χ4v) is 3.06. The van der Waals surface area contributed by atoms with Crippen LogP contribution in [0.2, 0.25) is 10.0 Å². The van der Waals surface area contributed by atoms with Gasteiger partial charge in [-0.1, -0.05) is 47.5 Å². The number of hydrogen-bond acceptors (Lipinski definition) is 4. The Morgan fingerprint density at radius 2 is 1.75 bits per heavy atom. The second kappa shape index (κ2) is 7.77. The van der Waals surface area contributed by atoms with Gasteiger partial charge in [0.1, 0.15) is 5.75 Å². The Labute approximate surface area is 152 Å². The summed E-state index contributed by atoms with van der Waals surface area (Å²) in [5.74, 6) is 0.903. The van der Waals surface area contributed by atoms with E-state index in [2.05, 4.69) is 16.1 Å². The van der Waals surface area contributed by atoms with E-state index in [1.165, 1.54) is 0 Å². The average molecular weight is 364 g/mol. The largest absolute Gasteiger partial charge is 0.495 e. The summed E-state index contributed by atoms with van der Waals surface area (Å²) in [6, 6.07) is 13.6. The lowest BCUT2D eigenvalue weighted by Gasteiger charge is -2.35. The molecule has 4 nitrogen and oxygen atoms in total. The summed E-state index contributed by atoms with van der Waals surface area (Å²) in [7, 11) is 1.70. The smallest absolute Gasteiger partial charge is 0.142 e. The van der Waals surface area contributed by atoms with Crippen molar-refractivity contribution in [2.45, 2.75) is 0 Å². The van der Waals surface area contributed by atoms with Gasteiger partial charge in [-0.05, 0) is 18.2 Å². The molecule has 126 valence electrons. The fourth-order valence-electron chi connectivity index (χ4n) is 2.71. The number of halogens is 2. The molecule has 1 aliphatic heterocycles. The third kappa shape index (κ3) is 3.77. The lowest BCUT2D eigenvalue weighted by Crippen LogP contribution is -2.44. The van der Waals surface area contributed by atoms with E-state index in [1.807, 2.05) is 35.3 Å². The minimum Gasteiger partial charge on any atom is -0.495 e. The van der Waals surface area contributed by atoms with Gasteiger partial charge >= 0.3 is 0 Å². The van der Waals surface area contributed by atoms with Gasteiger partial charge in [-0.25, -0.2) is 0 Å². The Bertz CT molecular complexity index is 728. The van der Waals surface area contributed by atoms with Crippen molar-refractivity contribution in [1.29, 1.82) is 0 Å². The van der Waals surface area contributed by atoms with Crippen molar-refractivity contribution in [2.24, 2.45) is 5.10 Å². The van der Waals surface area contributed by atoms with Gasteiger partial charge in [0.2, 0.25) is 0 Å². The summed E-state index contributed by atoms with van der Waals surface area (Å²) in [5, 5.41) is 7.66. The van der Waals surface area contributed by atoms with Gasteiger partial charge in [-0.3, -0.25) is 5.01 Å². The quantitative estimate of drug-likeness (QED) is 0.763. The first kappa shape index (κ1) is 16.9. The molecule has 1 heterocycles. The van der Waals surface area contributed by atoms with Crippen molar-refractivity contribution in [1.82, 2.24) is 5.01 Å². The molecule has 0 spiro atoms. The molecule has 0 amide bonds. The Kier molecular flexibility index (Phi) is 5.48. The van der Waals surface area contributed by atoms with Crippen molar-refractivity contribution in [3.05, 3.63) is 58.1 Å². The van der Waals surface area contributed by atoms with Crippen molar-refractivity contribution in [2.75, 3.05) is 38.2 Å². The maximum Gasteiger partial charge on any atom is 0.142 e. The molecule has 0 saturated carbocycles. The maximum absolute atomic E-state index is 6.18. The molecule has 0 aliphatic carbocycles. The molecule has 0 atom stereocenters. The molecule has 0 bridgehead atoms. The maximum atomic E-state index is 6.18. The summed E-state index contributed by atoms with van der Waals surface area (Å²) in [6.45, 7) is 3.46. The summed E-state index contributed by atoms with van der Waals surface area (Å²) >= 11 is 12.2. The van der Waals surface area contributed by atoms with Crippen LogP contribution in [0.5, 0.6) is 5.75 Å². The van der Waals surface area contributed by atoms with E-state index in [4.69, 9.17) is 27.9 Å². The summed E-state index contributed by atoms with van der Waals surface area (Å²) in [5.41, 5.74) is 1.96. The lowest BCUT2D eigenvalue weighted by molar-refractivity contribution is 0.271. The molecule has 2 aromatic carbocycles. The van der Waals surface area contributed by atoms with Crippen LogP contribution in [-0.4, -0.2) is 44.5 Å². The number of nitrogens with zero attached hydrogens (tertiary/aromatic N) is 3. The number of para-hydroxylation sites is 2. The lowest BCUT2D eigenvalue weighted by atomic mass is 10.2. The number of piperazine rings is 1. The third-order valence-corrected chi connectivity index (χ3v) is 4.86. The summed E-state index contributed by atoms with van der Waals surface area (Å²) < 4.78 is 5.44. The van der Waals surface area contributed by atoms with Gasteiger partial charge in [0.25, 0.3) is 0 Å². The molecule has 1 fully saturated rings. The molecular formula is C18H19Cl2N3O. The molecular weight excluding hydrogens is 345 g/mol. The van der Waals surface area contributed by atoms with Crippen LogP contribution in [0.1, 0.15) is 5.56 Å². The van der Waals surface area contributed by atoms with Crippen LogP contribution in [0.15, 0.2) is 47.6 Å². The molecule has 3 rings (SSSR count).